The minimum Gasteiger partial charge on any atom is -0.344 e. The van der Waals surface area contributed by atoms with E-state index < -0.39 is 29.4 Å². The van der Waals surface area contributed by atoms with Crippen LogP contribution in [0.2, 0.25) is 5.02 Å². The summed E-state index contributed by atoms with van der Waals surface area (Å²) in [5.74, 6) is -0.856. The van der Waals surface area contributed by atoms with Gasteiger partial charge in [0.05, 0.1) is 6.04 Å². The van der Waals surface area contributed by atoms with E-state index in [1.54, 1.807) is 26.0 Å². The molecule has 1 heterocycles. The summed E-state index contributed by atoms with van der Waals surface area (Å²) in [6.45, 7) is 2.86. The molecule has 140 valence electrons. The van der Waals surface area contributed by atoms with E-state index in [0.29, 0.717) is 5.02 Å². The highest BCUT2D eigenvalue weighted by atomic mass is 35.5. The predicted molar refractivity (Wildman–Crippen MR) is 102 cm³/mol. The van der Waals surface area contributed by atoms with Crippen LogP contribution < -0.4 is 10.6 Å². The summed E-state index contributed by atoms with van der Waals surface area (Å²) in [7, 11) is 0. The Kier molecular flexibility index (Phi) is 5.19. The summed E-state index contributed by atoms with van der Waals surface area (Å²) in [5, 5.41) is 6.07. The van der Waals surface area contributed by atoms with Crippen molar-refractivity contribution in [3.63, 3.8) is 0 Å². The maximum atomic E-state index is 12.6. The molecule has 27 heavy (non-hydrogen) atoms. The van der Waals surface area contributed by atoms with Gasteiger partial charge >= 0.3 is 6.03 Å². The first-order valence-electron chi connectivity index (χ1n) is 8.52. The molecule has 1 unspecified atom stereocenters. The van der Waals surface area contributed by atoms with Gasteiger partial charge in [-0.25, -0.2) is 4.79 Å². The minimum atomic E-state index is -1.01. The van der Waals surface area contributed by atoms with Crippen molar-refractivity contribution in [2.75, 3.05) is 6.54 Å². The standard InChI is InChI=1S/C20H20ClN3O3/c1-20(2)18(26)24(19(27)23-20)12-16(25)22-17(13-6-4-3-5-7-13)14-8-10-15(21)11-9-14/h3-11,17H,12H2,1-2H3,(H,22,25)(H,23,27). The number of rotatable bonds is 5. The lowest BCUT2D eigenvalue weighted by atomic mass is 9.98. The van der Waals surface area contributed by atoms with E-state index in [2.05, 4.69) is 10.6 Å². The number of hydrogen-bond acceptors (Lipinski definition) is 3. The Hall–Kier alpha value is -2.86. The van der Waals surface area contributed by atoms with Crippen LogP contribution in [-0.4, -0.2) is 34.8 Å². The predicted octanol–water partition coefficient (Wildman–Crippen LogP) is 2.88. The summed E-state index contributed by atoms with van der Waals surface area (Å²) in [4.78, 5) is 37.8. The van der Waals surface area contributed by atoms with Crippen molar-refractivity contribution in [2.45, 2.75) is 25.4 Å². The highest BCUT2D eigenvalue weighted by Gasteiger charge is 2.44. The van der Waals surface area contributed by atoms with E-state index in [1.807, 2.05) is 42.5 Å². The average molecular weight is 386 g/mol. The lowest BCUT2D eigenvalue weighted by molar-refractivity contribution is -0.134. The number of carbonyl (C=O) groups is 3. The quantitative estimate of drug-likeness (QED) is 0.777. The summed E-state index contributed by atoms with van der Waals surface area (Å²) in [5.41, 5.74) is 0.717. The molecule has 3 rings (SSSR count). The van der Waals surface area contributed by atoms with Gasteiger partial charge in [0.25, 0.3) is 5.91 Å². The normalized spacial score (nSPS) is 16.8. The Morgan fingerprint density at radius 3 is 2.22 bits per heavy atom. The number of nitrogens with one attached hydrogen (secondary N) is 2. The molecule has 0 radical (unpaired) electrons. The topological polar surface area (TPSA) is 78.5 Å². The highest BCUT2D eigenvalue weighted by Crippen LogP contribution is 2.24. The lowest BCUT2D eigenvalue weighted by Crippen LogP contribution is -2.43. The second kappa shape index (κ2) is 7.40. The number of nitrogens with zero attached hydrogens (tertiary/aromatic N) is 1. The number of benzene rings is 2. The molecule has 0 spiro atoms. The number of hydrogen-bond donors (Lipinski definition) is 2. The number of halogens is 1. The molecule has 1 saturated heterocycles. The van der Waals surface area contributed by atoms with Gasteiger partial charge in [-0.05, 0) is 37.1 Å². The van der Waals surface area contributed by atoms with Crippen LogP contribution in [0.1, 0.15) is 31.0 Å². The Morgan fingerprint density at radius 2 is 1.67 bits per heavy atom. The van der Waals surface area contributed by atoms with Crippen molar-refractivity contribution in [1.29, 1.82) is 0 Å². The number of imide groups is 1. The van der Waals surface area contributed by atoms with Crippen molar-refractivity contribution in [3.8, 4) is 0 Å². The molecule has 1 atom stereocenters. The number of carbonyl (C=O) groups excluding carboxylic acids is 3. The van der Waals surface area contributed by atoms with Crippen LogP contribution in [0.3, 0.4) is 0 Å². The third-order valence-corrected chi connectivity index (χ3v) is 4.64. The van der Waals surface area contributed by atoms with E-state index in [1.165, 1.54) is 0 Å². The molecular weight excluding hydrogens is 366 g/mol. The van der Waals surface area contributed by atoms with Gasteiger partial charge in [-0.1, -0.05) is 54.1 Å². The van der Waals surface area contributed by atoms with Crippen molar-refractivity contribution in [2.24, 2.45) is 0 Å². The van der Waals surface area contributed by atoms with Gasteiger partial charge in [-0.2, -0.15) is 0 Å². The summed E-state index contributed by atoms with van der Waals surface area (Å²) in [6, 6.07) is 15.6. The fraction of sp³-hybridized carbons (Fsp3) is 0.250. The SMILES string of the molecule is CC1(C)NC(=O)N(CC(=O)NC(c2ccccc2)c2ccc(Cl)cc2)C1=O. The molecule has 2 N–H and O–H groups in total. The lowest BCUT2D eigenvalue weighted by Gasteiger charge is -2.22. The average Bonchev–Trinajstić information content (AvgIpc) is 2.83. The Morgan fingerprint density at radius 1 is 1.07 bits per heavy atom. The van der Waals surface area contributed by atoms with Crippen LogP contribution in [0.5, 0.6) is 0 Å². The third kappa shape index (κ3) is 4.11. The van der Waals surface area contributed by atoms with Crippen molar-refractivity contribution in [1.82, 2.24) is 15.5 Å². The minimum absolute atomic E-state index is 0.342. The van der Waals surface area contributed by atoms with E-state index >= 15 is 0 Å². The Labute approximate surface area is 162 Å². The molecule has 7 heteroatoms. The molecule has 0 aliphatic carbocycles. The van der Waals surface area contributed by atoms with Crippen LogP contribution in [0, 0.1) is 0 Å². The monoisotopic (exact) mass is 385 g/mol. The zero-order chi connectivity index (χ0) is 19.6. The van der Waals surface area contributed by atoms with Crippen molar-refractivity contribution in [3.05, 3.63) is 70.7 Å². The van der Waals surface area contributed by atoms with Crippen molar-refractivity contribution < 1.29 is 14.4 Å². The molecule has 2 aromatic carbocycles. The third-order valence-electron chi connectivity index (χ3n) is 4.39. The first-order valence-corrected chi connectivity index (χ1v) is 8.89. The summed E-state index contributed by atoms with van der Waals surface area (Å²) in [6.07, 6.45) is 0. The largest absolute Gasteiger partial charge is 0.344 e. The van der Waals surface area contributed by atoms with Gasteiger partial charge in [-0.15, -0.1) is 0 Å². The van der Waals surface area contributed by atoms with Crippen LogP contribution in [-0.2, 0) is 9.59 Å². The van der Waals surface area contributed by atoms with Crippen LogP contribution in [0.25, 0.3) is 0 Å². The zero-order valence-corrected chi connectivity index (χ0v) is 15.8. The second-order valence-electron chi connectivity index (χ2n) is 6.91. The Bertz CT molecular complexity index is 866. The molecule has 0 aromatic heterocycles. The first-order chi connectivity index (χ1) is 12.8. The van der Waals surface area contributed by atoms with E-state index in [4.69, 9.17) is 11.6 Å². The molecule has 1 aliphatic heterocycles. The maximum absolute atomic E-state index is 12.6. The molecular formula is C20H20ClN3O3. The molecule has 0 saturated carbocycles. The summed E-state index contributed by atoms with van der Waals surface area (Å²) >= 11 is 5.96. The zero-order valence-electron chi connectivity index (χ0n) is 15.0. The molecule has 4 amide bonds. The first kappa shape index (κ1) is 18.9. The smallest absolute Gasteiger partial charge is 0.325 e. The highest BCUT2D eigenvalue weighted by molar-refractivity contribution is 6.30. The van der Waals surface area contributed by atoms with Crippen LogP contribution in [0.4, 0.5) is 4.79 Å². The number of amides is 4. The van der Waals surface area contributed by atoms with Gasteiger partial charge in [0.1, 0.15) is 12.1 Å². The van der Waals surface area contributed by atoms with E-state index in [0.717, 1.165) is 16.0 Å². The van der Waals surface area contributed by atoms with Crippen LogP contribution >= 0.6 is 11.6 Å². The summed E-state index contributed by atoms with van der Waals surface area (Å²) < 4.78 is 0. The van der Waals surface area contributed by atoms with Gasteiger partial charge in [0.2, 0.25) is 5.91 Å². The number of urea groups is 1. The van der Waals surface area contributed by atoms with Gasteiger partial charge < -0.3 is 10.6 Å². The van der Waals surface area contributed by atoms with E-state index in [9.17, 15) is 14.4 Å². The molecule has 0 bridgehead atoms. The van der Waals surface area contributed by atoms with Gasteiger partial charge in [-0.3, -0.25) is 14.5 Å². The fourth-order valence-corrected chi connectivity index (χ4v) is 3.10. The molecule has 1 aliphatic rings. The van der Waals surface area contributed by atoms with Gasteiger partial charge in [0.15, 0.2) is 0 Å². The second-order valence-corrected chi connectivity index (χ2v) is 7.35. The molecule has 6 nitrogen and oxygen atoms in total. The van der Waals surface area contributed by atoms with Crippen molar-refractivity contribution >= 4 is 29.4 Å². The van der Waals surface area contributed by atoms with E-state index in [-0.39, 0.29) is 6.54 Å². The Balaban J connectivity index is 1.80. The fourth-order valence-electron chi connectivity index (χ4n) is 2.97. The van der Waals surface area contributed by atoms with Gasteiger partial charge in [0, 0.05) is 5.02 Å². The molecule has 2 aromatic rings. The molecule has 1 fully saturated rings. The van der Waals surface area contributed by atoms with Crippen LogP contribution in [0.15, 0.2) is 54.6 Å². The maximum Gasteiger partial charge on any atom is 0.325 e.